The zero-order valence-electron chi connectivity index (χ0n) is 16.4. The highest BCUT2D eigenvalue weighted by Gasteiger charge is 2.27. The molecule has 1 aliphatic rings. The molecule has 1 saturated heterocycles. The fraction of sp³-hybridized carbons (Fsp3) is 0.227. The minimum atomic E-state index is -0.324. The maximum Gasteiger partial charge on any atom is 0.140 e. The summed E-state index contributed by atoms with van der Waals surface area (Å²) in [5, 5.41) is 14.0. The molecule has 0 bridgehead atoms. The minimum absolute atomic E-state index is 0.0689. The highest BCUT2D eigenvalue weighted by Crippen LogP contribution is 2.42. The number of pyridine rings is 2. The molecule has 3 aromatic heterocycles. The number of hydrogen-bond acceptors (Lipinski definition) is 6. The van der Waals surface area contributed by atoms with E-state index in [1.807, 2.05) is 0 Å². The van der Waals surface area contributed by atoms with Gasteiger partial charge in [0.1, 0.15) is 17.5 Å². The Balaban J connectivity index is 1.87. The quantitative estimate of drug-likeness (QED) is 0.486. The molecule has 150 valence electrons. The Morgan fingerprint density at radius 2 is 2.17 bits per heavy atom. The smallest absolute Gasteiger partial charge is 0.140 e. The van der Waals surface area contributed by atoms with E-state index >= 15 is 0 Å². The van der Waals surface area contributed by atoms with Crippen molar-refractivity contribution in [2.45, 2.75) is 12.5 Å². The van der Waals surface area contributed by atoms with Crippen LogP contribution in [0.25, 0.3) is 33.1 Å². The SMILES string of the molecule is CNc1cc(F)cc2c1[nH]c1ncc(-c3cncc(C#N)c3)c(N3CC[C@@H](N)C3)c12. The molecule has 0 amide bonds. The van der Waals surface area contributed by atoms with Gasteiger partial charge in [-0.1, -0.05) is 0 Å². The van der Waals surface area contributed by atoms with E-state index in [2.05, 4.69) is 31.2 Å². The van der Waals surface area contributed by atoms with Crippen molar-refractivity contribution < 1.29 is 4.39 Å². The maximum absolute atomic E-state index is 14.4. The lowest BCUT2D eigenvalue weighted by Crippen LogP contribution is -2.26. The number of nitrogens with one attached hydrogen (secondary N) is 2. The average molecular weight is 401 g/mol. The van der Waals surface area contributed by atoms with E-state index in [1.165, 1.54) is 18.3 Å². The van der Waals surface area contributed by atoms with E-state index in [9.17, 15) is 9.65 Å². The molecule has 1 atom stereocenters. The van der Waals surface area contributed by atoms with Crippen LogP contribution in [0.15, 0.2) is 36.8 Å². The highest BCUT2D eigenvalue weighted by molar-refractivity contribution is 6.17. The van der Waals surface area contributed by atoms with Crippen molar-refractivity contribution in [3.05, 3.63) is 48.2 Å². The highest BCUT2D eigenvalue weighted by atomic mass is 19.1. The number of rotatable bonds is 3. The van der Waals surface area contributed by atoms with Gasteiger partial charge in [-0.25, -0.2) is 9.37 Å². The molecule has 1 aliphatic heterocycles. The van der Waals surface area contributed by atoms with Gasteiger partial charge in [0.15, 0.2) is 0 Å². The summed E-state index contributed by atoms with van der Waals surface area (Å²) in [4.78, 5) is 14.4. The van der Waals surface area contributed by atoms with E-state index in [-0.39, 0.29) is 11.9 Å². The van der Waals surface area contributed by atoms with Crippen molar-refractivity contribution in [1.82, 2.24) is 15.0 Å². The summed E-state index contributed by atoms with van der Waals surface area (Å²) in [5.74, 6) is -0.324. The van der Waals surface area contributed by atoms with Crippen LogP contribution in [-0.4, -0.2) is 41.1 Å². The second-order valence-electron chi connectivity index (χ2n) is 7.56. The minimum Gasteiger partial charge on any atom is -0.386 e. The summed E-state index contributed by atoms with van der Waals surface area (Å²) in [7, 11) is 1.76. The lowest BCUT2D eigenvalue weighted by molar-refractivity contribution is 0.630. The molecule has 5 rings (SSSR count). The normalized spacial score (nSPS) is 16.3. The van der Waals surface area contributed by atoms with Gasteiger partial charge in [0.05, 0.1) is 27.8 Å². The molecule has 0 saturated carbocycles. The first-order valence-electron chi connectivity index (χ1n) is 9.76. The zero-order chi connectivity index (χ0) is 20.8. The molecule has 1 aromatic carbocycles. The van der Waals surface area contributed by atoms with Gasteiger partial charge in [0.25, 0.3) is 0 Å². The van der Waals surface area contributed by atoms with Gasteiger partial charge in [0.2, 0.25) is 0 Å². The number of halogens is 1. The van der Waals surface area contributed by atoms with Crippen LogP contribution in [0, 0.1) is 17.1 Å². The van der Waals surface area contributed by atoms with Crippen molar-refractivity contribution in [2.24, 2.45) is 5.73 Å². The third kappa shape index (κ3) is 2.83. The van der Waals surface area contributed by atoms with Gasteiger partial charge in [-0.15, -0.1) is 0 Å². The fourth-order valence-electron chi connectivity index (χ4n) is 4.28. The van der Waals surface area contributed by atoms with Crippen LogP contribution in [-0.2, 0) is 0 Å². The molecular formula is C22H20FN7. The largest absolute Gasteiger partial charge is 0.386 e. The van der Waals surface area contributed by atoms with Crippen molar-refractivity contribution in [2.75, 3.05) is 30.4 Å². The number of fused-ring (bicyclic) bond motifs is 3. The molecule has 4 aromatic rings. The summed E-state index contributed by atoms with van der Waals surface area (Å²) < 4.78 is 14.4. The number of nitrogens with two attached hydrogens (primary N) is 1. The first-order chi connectivity index (χ1) is 14.6. The Morgan fingerprint density at radius 3 is 2.90 bits per heavy atom. The predicted molar refractivity (Wildman–Crippen MR) is 116 cm³/mol. The van der Waals surface area contributed by atoms with Crippen LogP contribution in [0.1, 0.15) is 12.0 Å². The molecule has 0 aliphatic carbocycles. The predicted octanol–water partition coefficient (Wildman–Crippen LogP) is 3.37. The van der Waals surface area contributed by atoms with Gasteiger partial charge < -0.3 is 20.9 Å². The van der Waals surface area contributed by atoms with E-state index in [4.69, 9.17) is 5.73 Å². The first-order valence-corrected chi connectivity index (χ1v) is 9.76. The third-order valence-electron chi connectivity index (χ3n) is 5.66. The van der Waals surface area contributed by atoms with Gasteiger partial charge in [-0.3, -0.25) is 4.98 Å². The molecule has 4 N–H and O–H groups in total. The number of aromatic nitrogens is 3. The molecular weight excluding hydrogens is 381 g/mol. The Morgan fingerprint density at radius 1 is 1.30 bits per heavy atom. The van der Waals surface area contributed by atoms with Crippen LogP contribution in [0.5, 0.6) is 0 Å². The van der Waals surface area contributed by atoms with E-state index in [0.29, 0.717) is 23.4 Å². The first kappa shape index (κ1) is 18.3. The third-order valence-corrected chi connectivity index (χ3v) is 5.66. The average Bonchev–Trinajstić information content (AvgIpc) is 3.36. The van der Waals surface area contributed by atoms with E-state index in [1.54, 1.807) is 25.5 Å². The van der Waals surface area contributed by atoms with Crippen molar-refractivity contribution in [3.8, 4) is 17.2 Å². The molecule has 4 heterocycles. The van der Waals surface area contributed by atoms with Crippen LogP contribution >= 0.6 is 0 Å². The molecule has 8 heteroatoms. The molecule has 7 nitrogen and oxygen atoms in total. The molecule has 30 heavy (non-hydrogen) atoms. The summed E-state index contributed by atoms with van der Waals surface area (Å²) in [6.45, 7) is 1.48. The second kappa shape index (κ2) is 6.97. The molecule has 0 radical (unpaired) electrons. The lowest BCUT2D eigenvalue weighted by Gasteiger charge is -2.23. The number of nitrogens with zero attached hydrogens (tertiary/aromatic N) is 4. The number of H-pyrrole nitrogens is 1. The van der Waals surface area contributed by atoms with Gasteiger partial charge in [-0.2, -0.15) is 5.26 Å². The molecule has 0 unspecified atom stereocenters. The number of aromatic amines is 1. The monoisotopic (exact) mass is 401 g/mol. The molecule has 0 spiro atoms. The van der Waals surface area contributed by atoms with Crippen LogP contribution in [0.2, 0.25) is 0 Å². The van der Waals surface area contributed by atoms with Crippen molar-refractivity contribution in [3.63, 3.8) is 0 Å². The van der Waals surface area contributed by atoms with Crippen LogP contribution in [0.4, 0.5) is 15.8 Å². The Labute approximate surface area is 172 Å². The number of nitriles is 1. The maximum atomic E-state index is 14.4. The summed E-state index contributed by atoms with van der Waals surface area (Å²) in [6, 6.07) is 7.00. The van der Waals surface area contributed by atoms with Gasteiger partial charge in [0, 0.05) is 61.3 Å². The van der Waals surface area contributed by atoms with Crippen LogP contribution < -0.4 is 16.0 Å². The van der Waals surface area contributed by atoms with Gasteiger partial charge in [-0.05, 0) is 24.6 Å². The van der Waals surface area contributed by atoms with Crippen molar-refractivity contribution in [1.29, 1.82) is 5.26 Å². The summed E-state index contributed by atoms with van der Waals surface area (Å²) in [5.41, 5.74) is 11.4. The topological polar surface area (TPSA) is 107 Å². The standard InChI is InChI=1S/C22H20FN7/c1-26-18-6-14(23)5-16-19-21(30-3-2-15(25)11-30)17(10-28-22(19)29-20(16)18)13-4-12(7-24)8-27-9-13/h4-6,8-10,15,26H,2-3,11,25H2,1H3,(H,28,29)/t15-/m1/s1. The second-order valence-corrected chi connectivity index (χ2v) is 7.56. The number of hydrogen-bond donors (Lipinski definition) is 3. The van der Waals surface area contributed by atoms with E-state index in [0.717, 1.165) is 46.1 Å². The van der Waals surface area contributed by atoms with Crippen molar-refractivity contribution >= 4 is 33.3 Å². The number of benzene rings is 1. The van der Waals surface area contributed by atoms with Crippen LogP contribution in [0.3, 0.4) is 0 Å². The van der Waals surface area contributed by atoms with Gasteiger partial charge >= 0.3 is 0 Å². The van der Waals surface area contributed by atoms with E-state index < -0.39 is 0 Å². The fourth-order valence-corrected chi connectivity index (χ4v) is 4.28. The Bertz CT molecular complexity index is 1320. The zero-order valence-corrected chi connectivity index (χ0v) is 16.4. The Kier molecular flexibility index (Phi) is 4.26. The summed E-state index contributed by atoms with van der Waals surface area (Å²) in [6.07, 6.45) is 5.90. The molecule has 1 fully saturated rings. The summed E-state index contributed by atoms with van der Waals surface area (Å²) >= 11 is 0. The lowest BCUT2D eigenvalue weighted by atomic mass is 10.0. The number of anilines is 2. The Hall–Kier alpha value is -3.70.